The fourth-order valence-corrected chi connectivity index (χ4v) is 3.20. The molecular weight excluding hydrogens is 336 g/mol. The van der Waals surface area contributed by atoms with Gasteiger partial charge in [0.15, 0.2) is 0 Å². The summed E-state index contributed by atoms with van der Waals surface area (Å²) in [6, 6.07) is 9.36. The zero-order chi connectivity index (χ0) is 18.7. The number of amides is 2. The van der Waals surface area contributed by atoms with Gasteiger partial charge in [0.1, 0.15) is 6.54 Å². The molecule has 25 heavy (non-hydrogen) atoms. The number of nitrogens with one attached hydrogen (secondary N) is 1. The van der Waals surface area contributed by atoms with Crippen LogP contribution in [-0.4, -0.2) is 18.4 Å². The molecule has 0 radical (unpaired) electrons. The van der Waals surface area contributed by atoms with Crippen LogP contribution in [0.5, 0.6) is 0 Å². The molecule has 2 rings (SSSR count). The average molecular weight is 359 g/mol. The van der Waals surface area contributed by atoms with E-state index in [4.69, 9.17) is 11.6 Å². The lowest BCUT2D eigenvalue weighted by Gasteiger charge is -2.25. The Balaban J connectivity index is 2.27. The summed E-state index contributed by atoms with van der Waals surface area (Å²) < 4.78 is 0. The van der Waals surface area contributed by atoms with Crippen LogP contribution < -0.4 is 10.2 Å². The normalized spacial score (nSPS) is 10.5. The van der Waals surface area contributed by atoms with Gasteiger partial charge >= 0.3 is 0 Å². The highest BCUT2D eigenvalue weighted by Gasteiger charge is 2.20. The molecule has 0 atom stereocenters. The summed E-state index contributed by atoms with van der Waals surface area (Å²) in [5.41, 5.74) is 5.31. The SMILES string of the molecule is CC(=O)N(CC(=O)Nc1cccc(Cl)c1C)c1c(C)cc(C)cc1C. The quantitative estimate of drug-likeness (QED) is 0.870. The van der Waals surface area contributed by atoms with Crippen LogP contribution in [0.2, 0.25) is 5.02 Å². The van der Waals surface area contributed by atoms with Gasteiger partial charge in [0.25, 0.3) is 0 Å². The largest absolute Gasteiger partial charge is 0.324 e. The Morgan fingerprint density at radius 3 is 2.24 bits per heavy atom. The van der Waals surface area contributed by atoms with Gasteiger partial charge in [-0.15, -0.1) is 0 Å². The number of carbonyl (C=O) groups is 2. The number of hydrogen-bond acceptors (Lipinski definition) is 2. The Hall–Kier alpha value is -2.33. The molecule has 1 N–H and O–H groups in total. The first kappa shape index (κ1) is 19.0. The van der Waals surface area contributed by atoms with Gasteiger partial charge in [0.2, 0.25) is 11.8 Å². The summed E-state index contributed by atoms with van der Waals surface area (Å²) >= 11 is 6.09. The third kappa shape index (κ3) is 4.40. The molecule has 0 fully saturated rings. The molecule has 0 aliphatic carbocycles. The first-order chi connectivity index (χ1) is 11.7. The molecule has 2 aromatic rings. The van der Waals surface area contributed by atoms with Crippen molar-refractivity contribution < 1.29 is 9.59 Å². The van der Waals surface area contributed by atoms with E-state index in [1.54, 1.807) is 18.2 Å². The summed E-state index contributed by atoms with van der Waals surface area (Å²) in [6.45, 7) is 9.17. The van der Waals surface area contributed by atoms with Crippen molar-refractivity contribution in [3.8, 4) is 0 Å². The van der Waals surface area contributed by atoms with Gasteiger partial charge in [-0.3, -0.25) is 9.59 Å². The molecule has 4 nitrogen and oxygen atoms in total. The molecule has 5 heteroatoms. The number of carbonyl (C=O) groups excluding carboxylic acids is 2. The van der Waals surface area contributed by atoms with Crippen LogP contribution in [0.15, 0.2) is 30.3 Å². The highest BCUT2D eigenvalue weighted by molar-refractivity contribution is 6.31. The smallest absolute Gasteiger partial charge is 0.244 e. The van der Waals surface area contributed by atoms with Gasteiger partial charge < -0.3 is 10.2 Å². The van der Waals surface area contributed by atoms with Crippen LogP contribution >= 0.6 is 11.6 Å². The number of aryl methyl sites for hydroxylation is 3. The molecule has 0 aromatic heterocycles. The predicted molar refractivity (Wildman–Crippen MR) is 103 cm³/mol. The average Bonchev–Trinajstić information content (AvgIpc) is 2.49. The van der Waals surface area contributed by atoms with Crippen LogP contribution in [0.1, 0.15) is 29.2 Å². The predicted octanol–water partition coefficient (Wildman–Crippen LogP) is 4.57. The molecule has 0 aliphatic rings. The Kier molecular flexibility index (Phi) is 5.85. The lowest BCUT2D eigenvalue weighted by atomic mass is 10.0. The van der Waals surface area contributed by atoms with E-state index < -0.39 is 0 Å². The zero-order valence-electron chi connectivity index (χ0n) is 15.2. The highest BCUT2D eigenvalue weighted by Crippen LogP contribution is 2.27. The van der Waals surface area contributed by atoms with Crippen molar-refractivity contribution >= 4 is 34.8 Å². The minimum absolute atomic E-state index is 0.0496. The lowest BCUT2D eigenvalue weighted by molar-refractivity contribution is -0.120. The van der Waals surface area contributed by atoms with E-state index in [1.165, 1.54) is 11.8 Å². The van der Waals surface area contributed by atoms with Crippen LogP contribution in [0.3, 0.4) is 0 Å². The monoisotopic (exact) mass is 358 g/mol. The summed E-state index contributed by atoms with van der Waals surface area (Å²) in [5.74, 6) is -0.437. The summed E-state index contributed by atoms with van der Waals surface area (Å²) in [6.07, 6.45) is 0. The van der Waals surface area contributed by atoms with E-state index >= 15 is 0 Å². The van der Waals surface area contributed by atoms with E-state index in [0.717, 1.165) is 27.9 Å². The summed E-state index contributed by atoms with van der Waals surface area (Å²) in [4.78, 5) is 26.2. The van der Waals surface area contributed by atoms with Gasteiger partial charge in [0.05, 0.1) is 5.69 Å². The number of nitrogens with zero attached hydrogens (tertiary/aromatic N) is 1. The third-order valence-electron chi connectivity index (χ3n) is 4.13. The highest BCUT2D eigenvalue weighted by atomic mass is 35.5. The fourth-order valence-electron chi connectivity index (χ4n) is 3.02. The molecule has 132 valence electrons. The Morgan fingerprint density at radius 2 is 1.68 bits per heavy atom. The van der Waals surface area contributed by atoms with E-state index in [0.29, 0.717) is 10.7 Å². The van der Waals surface area contributed by atoms with Gasteiger partial charge in [-0.1, -0.05) is 35.4 Å². The Labute approximate surface area is 153 Å². The van der Waals surface area contributed by atoms with Gasteiger partial charge in [-0.2, -0.15) is 0 Å². The molecule has 0 saturated carbocycles. The molecule has 0 spiro atoms. The van der Waals surface area contributed by atoms with Crippen molar-refractivity contribution in [2.24, 2.45) is 0 Å². The van der Waals surface area contributed by atoms with Crippen molar-refractivity contribution in [1.82, 2.24) is 0 Å². The molecule has 0 bridgehead atoms. The van der Waals surface area contributed by atoms with Gasteiger partial charge in [0, 0.05) is 17.6 Å². The second-order valence-electron chi connectivity index (χ2n) is 6.31. The number of halogens is 1. The number of anilines is 2. The minimum Gasteiger partial charge on any atom is -0.324 e. The van der Waals surface area contributed by atoms with E-state index in [9.17, 15) is 9.59 Å². The topological polar surface area (TPSA) is 49.4 Å². The van der Waals surface area contributed by atoms with Crippen LogP contribution in [0.25, 0.3) is 0 Å². The molecular formula is C20H23ClN2O2. The standard InChI is InChI=1S/C20H23ClN2O2/c1-12-9-13(2)20(14(3)10-12)23(16(5)24)11-19(25)22-18-8-6-7-17(21)15(18)4/h6-10H,11H2,1-5H3,(H,22,25). The number of rotatable bonds is 4. The maximum atomic E-state index is 12.5. The summed E-state index contributed by atoms with van der Waals surface area (Å²) in [5, 5.41) is 3.43. The molecule has 0 heterocycles. The minimum atomic E-state index is -0.264. The second kappa shape index (κ2) is 7.70. The van der Waals surface area contributed by atoms with Crippen LogP contribution in [-0.2, 0) is 9.59 Å². The Morgan fingerprint density at radius 1 is 1.08 bits per heavy atom. The zero-order valence-corrected chi connectivity index (χ0v) is 16.0. The molecule has 0 saturated heterocycles. The van der Waals surface area contributed by atoms with Crippen LogP contribution in [0.4, 0.5) is 11.4 Å². The maximum absolute atomic E-state index is 12.5. The van der Waals surface area contributed by atoms with Crippen molar-refractivity contribution in [2.75, 3.05) is 16.8 Å². The number of benzene rings is 2. The van der Waals surface area contributed by atoms with Crippen molar-refractivity contribution in [1.29, 1.82) is 0 Å². The first-order valence-corrected chi connectivity index (χ1v) is 8.49. The number of hydrogen-bond donors (Lipinski definition) is 1. The fraction of sp³-hybridized carbons (Fsp3) is 0.300. The van der Waals surface area contributed by atoms with E-state index in [-0.39, 0.29) is 18.4 Å². The van der Waals surface area contributed by atoms with Crippen molar-refractivity contribution in [2.45, 2.75) is 34.6 Å². The molecule has 2 aromatic carbocycles. The first-order valence-electron chi connectivity index (χ1n) is 8.11. The summed E-state index contributed by atoms with van der Waals surface area (Å²) in [7, 11) is 0. The molecule has 2 amide bonds. The lowest BCUT2D eigenvalue weighted by Crippen LogP contribution is -2.37. The molecule has 0 unspecified atom stereocenters. The van der Waals surface area contributed by atoms with E-state index in [2.05, 4.69) is 5.32 Å². The van der Waals surface area contributed by atoms with Crippen molar-refractivity contribution in [3.63, 3.8) is 0 Å². The second-order valence-corrected chi connectivity index (χ2v) is 6.72. The van der Waals surface area contributed by atoms with Crippen LogP contribution in [0, 0.1) is 27.7 Å². The molecule has 0 aliphatic heterocycles. The Bertz CT molecular complexity index is 807. The van der Waals surface area contributed by atoms with Gasteiger partial charge in [-0.05, 0) is 56.5 Å². The maximum Gasteiger partial charge on any atom is 0.244 e. The van der Waals surface area contributed by atoms with E-state index in [1.807, 2.05) is 39.8 Å². The van der Waals surface area contributed by atoms with Gasteiger partial charge in [-0.25, -0.2) is 0 Å². The third-order valence-corrected chi connectivity index (χ3v) is 4.54. The van der Waals surface area contributed by atoms with Crippen molar-refractivity contribution in [3.05, 3.63) is 57.6 Å².